The first-order valence-electron chi connectivity index (χ1n) is 13.5. The highest BCUT2D eigenvalue weighted by atomic mass is 16.5. The summed E-state index contributed by atoms with van der Waals surface area (Å²) >= 11 is 0. The number of anilines is 1. The van der Waals surface area contributed by atoms with Gasteiger partial charge in [0.25, 0.3) is 0 Å². The van der Waals surface area contributed by atoms with Crippen LogP contribution in [0.1, 0.15) is 45.4 Å². The zero-order valence-corrected chi connectivity index (χ0v) is 21.6. The van der Waals surface area contributed by atoms with E-state index < -0.39 is 29.6 Å². The predicted molar refractivity (Wildman–Crippen MR) is 137 cm³/mol. The number of amides is 3. The Balaban J connectivity index is 1.40. The lowest BCUT2D eigenvalue weighted by Gasteiger charge is -2.34. The van der Waals surface area contributed by atoms with Gasteiger partial charge in [-0.05, 0) is 38.3 Å². The standard InChI is InChI=1S/C28H37N3O6/c1-3-36-16-8-15-31-24(26(33)29-18-9-5-4-6-10-18)28-14-13-21(37-28)22(23(28)27(31)34)25(32)30-19-11-7-12-20(17-19)35-2/h7,11-14,17-18,21-24H,3-6,8-10,15-16H2,1-2H3,(H,29,33)(H,30,32)/t21-,22-,23-,24+,28+/m1/s1. The molecule has 0 aromatic heterocycles. The number of hydrogen-bond acceptors (Lipinski definition) is 6. The molecular formula is C28H37N3O6. The summed E-state index contributed by atoms with van der Waals surface area (Å²) in [6.07, 6.45) is 8.97. The lowest BCUT2D eigenvalue weighted by molar-refractivity contribution is -0.141. The number of ether oxygens (including phenoxy) is 3. The van der Waals surface area contributed by atoms with Gasteiger partial charge in [-0.1, -0.05) is 37.5 Å². The Kier molecular flexibility index (Phi) is 7.53. The molecule has 2 saturated heterocycles. The van der Waals surface area contributed by atoms with Crippen molar-refractivity contribution in [3.05, 3.63) is 36.4 Å². The fraction of sp³-hybridized carbons (Fsp3) is 0.607. The van der Waals surface area contributed by atoms with Crippen LogP contribution in [-0.4, -0.2) is 73.3 Å². The van der Waals surface area contributed by atoms with Crippen LogP contribution in [0.2, 0.25) is 0 Å². The van der Waals surface area contributed by atoms with Crippen molar-refractivity contribution in [1.82, 2.24) is 10.2 Å². The number of nitrogens with zero attached hydrogens (tertiary/aromatic N) is 1. The largest absolute Gasteiger partial charge is 0.497 e. The summed E-state index contributed by atoms with van der Waals surface area (Å²) in [5.74, 6) is -1.58. The molecule has 1 aromatic rings. The van der Waals surface area contributed by atoms with Gasteiger partial charge in [0.2, 0.25) is 17.7 Å². The van der Waals surface area contributed by atoms with Crippen molar-refractivity contribution >= 4 is 23.4 Å². The number of carbonyl (C=O) groups excluding carboxylic acids is 3. The van der Waals surface area contributed by atoms with E-state index in [0.717, 1.165) is 25.7 Å². The molecule has 200 valence electrons. The van der Waals surface area contributed by atoms with Crippen LogP contribution < -0.4 is 15.4 Å². The van der Waals surface area contributed by atoms with Crippen LogP contribution in [0.3, 0.4) is 0 Å². The van der Waals surface area contributed by atoms with Gasteiger partial charge < -0.3 is 29.7 Å². The zero-order valence-electron chi connectivity index (χ0n) is 21.6. The second-order valence-corrected chi connectivity index (χ2v) is 10.3. The highest BCUT2D eigenvalue weighted by Crippen LogP contribution is 2.55. The normalized spacial score (nSPS) is 30.4. The van der Waals surface area contributed by atoms with E-state index in [2.05, 4.69) is 10.6 Å². The van der Waals surface area contributed by atoms with E-state index in [-0.39, 0.29) is 23.8 Å². The molecule has 1 saturated carbocycles. The number of methoxy groups -OCH3 is 1. The Bertz CT molecular complexity index is 1050. The van der Waals surface area contributed by atoms with Gasteiger partial charge in [-0.3, -0.25) is 14.4 Å². The molecule has 2 bridgehead atoms. The highest BCUT2D eigenvalue weighted by Gasteiger charge is 2.72. The van der Waals surface area contributed by atoms with Gasteiger partial charge in [-0.2, -0.15) is 0 Å². The van der Waals surface area contributed by atoms with Crippen LogP contribution in [0.5, 0.6) is 5.75 Å². The molecule has 0 radical (unpaired) electrons. The minimum atomic E-state index is -1.15. The molecule has 1 aromatic carbocycles. The lowest BCUT2D eigenvalue weighted by atomic mass is 9.74. The average molecular weight is 512 g/mol. The molecule has 5 atom stereocenters. The average Bonchev–Trinajstić information content (AvgIpc) is 3.54. The summed E-state index contributed by atoms with van der Waals surface area (Å²) in [5, 5.41) is 6.14. The Hall–Kier alpha value is -2.91. The van der Waals surface area contributed by atoms with Crippen LogP contribution in [0.25, 0.3) is 0 Å². The first-order valence-corrected chi connectivity index (χ1v) is 13.5. The molecule has 0 unspecified atom stereocenters. The first-order chi connectivity index (χ1) is 18.0. The highest BCUT2D eigenvalue weighted by molar-refractivity contribution is 6.02. The number of likely N-dealkylation sites (tertiary alicyclic amines) is 1. The summed E-state index contributed by atoms with van der Waals surface area (Å²) in [5.41, 5.74) is -0.571. The molecule has 2 N–H and O–H groups in total. The minimum absolute atomic E-state index is 0.104. The maximum atomic E-state index is 13.9. The van der Waals surface area contributed by atoms with E-state index in [1.54, 1.807) is 36.3 Å². The van der Waals surface area contributed by atoms with Gasteiger partial charge in [0.05, 0.1) is 25.0 Å². The molecule has 4 aliphatic rings. The Morgan fingerprint density at radius 2 is 2.00 bits per heavy atom. The summed E-state index contributed by atoms with van der Waals surface area (Å²) in [4.78, 5) is 42.8. The van der Waals surface area contributed by atoms with E-state index >= 15 is 0 Å². The van der Waals surface area contributed by atoms with Crippen LogP contribution in [0.4, 0.5) is 5.69 Å². The Morgan fingerprint density at radius 1 is 1.19 bits per heavy atom. The summed E-state index contributed by atoms with van der Waals surface area (Å²) in [6.45, 7) is 3.37. The molecular weight excluding hydrogens is 474 g/mol. The third-order valence-electron chi connectivity index (χ3n) is 8.11. The summed E-state index contributed by atoms with van der Waals surface area (Å²) in [7, 11) is 1.56. The van der Waals surface area contributed by atoms with Gasteiger partial charge in [0.1, 0.15) is 17.4 Å². The van der Waals surface area contributed by atoms with Crippen molar-refractivity contribution < 1.29 is 28.6 Å². The van der Waals surface area contributed by atoms with Crippen molar-refractivity contribution in [1.29, 1.82) is 0 Å². The van der Waals surface area contributed by atoms with E-state index in [0.29, 0.717) is 37.6 Å². The number of nitrogens with one attached hydrogen (secondary N) is 2. The quantitative estimate of drug-likeness (QED) is 0.370. The number of benzene rings is 1. The Labute approximate surface area is 217 Å². The molecule has 3 heterocycles. The molecule has 37 heavy (non-hydrogen) atoms. The monoisotopic (exact) mass is 511 g/mol. The topological polar surface area (TPSA) is 106 Å². The lowest BCUT2D eigenvalue weighted by Crippen LogP contribution is -2.56. The van der Waals surface area contributed by atoms with Crippen molar-refractivity contribution in [2.24, 2.45) is 11.8 Å². The smallest absolute Gasteiger partial charge is 0.246 e. The second kappa shape index (κ2) is 10.8. The molecule has 9 heteroatoms. The second-order valence-electron chi connectivity index (χ2n) is 10.3. The zero-order chi connectivity index (χ0) is 26.0. The number of hydrogen-bond donors (Lipinski definition) is 2. The van der Waals surface area contributed by atoms with Crippen molar-refractivity contribution in [2.45, 2.75) is 69.2 Å². The maximum Gasteiger partial charge on any atom is 0.246 e. The molecule has 1 aliphatic carbocycles. The van der Waals surface area contributed by atoms with Crippen LogP contribution in [-0.2, 0) is 23.9 Å². The van der Waals surface area contributed by atoms with E-state index in [1.165, 1.54) is 6.42 Å². The van der Waals surface area contributed by atoms with Gasteiger partial charge in [0, 0.05) is 37.6 Å². The summed E-state index contributed by atoms with van der Waals surface area (Å²) < 4.78 is 17.2. The van der Waals surface area contributed by atoms with Crippen LogP contribution >= 0.6 is 0 Å². The van der Waals surface area contributed by atoms with Crippen LogP contribution in [0.15, 0.2) is 36.4 Å². The molecule has 1 spiro atoms. The van der Waals surface area contributed by atoms with Crippen molar-refractivity contribution in [2.75, 3.05) is 32.2 Å². The molecule has 3 aliphatic heterocycles. The number of carbonyl (C=O) groups is 3. The van der Waals surface area contributed by atoms with Crippen molar-refractivity contribution in [3.63, 3.8) is 0 Å². The number of rotatable bonds is 10. The molecule has 5 rings (SSSR count). The molecule has 3 amide bonds. The summed E-state index contributed by atoms with van der Waals surface area (Å²) in [6, 6.07) is 6.38. The van der Waals surface area contributed by atoms with Gasteiger partial charge in [-0.25, -0.2) is 0 Å². The SMILES string of the molecule is CCOCCCN1C(=O)[C@H]2[C@H](C(=O)Nc3cccc(OC)c3)[C@H]3C=C[C@@]2(O3)[C@@H]1C(=O)NC1CCCCC1. The van der Waals surface area contributed by atoms with Gasteiger partial charge >= 0.3 is 0 Å². The minimum Gasteiger partial charge on any atom is -0.497 e. The van der Waals surface area contributed by atoms with E-state index in [9.17, 15) is 14.4 Å². The molecule has 3 fully saturated rings. The van der Waals surface area contributed by atoms with Crippen LogP contribution in [0, 0.1) is 11.8 Å². The van der Waals surface area contributed by atoms with E-state index in [4.69, 9.17) is 14.2 Å². The molecule has 9 nitrogen and oxygen atoms in total. The maximum absolute atomic E-state index is 13.9. The van der Waals surface area contributed by atoms with E-state index in [1.807, 2.05) is 19.1 Å². The fourth-order valence-corrected chi connectivity index (χ4v) is 6.44. The van der Waals surface area contributed by atoms with Gasteiger partial charge in [-0.15, -0.1) is 0 Å². The first kappa shape index (κ1) is 25.7. The van der Waals surface area contributed by atoms with Crippen molar-refractivity contribution in [3.8, 4) is 5.75 Å². The van der Waals surface area contributed by atoms with Gasteiger partial charge in [0.15, 0.2) is 0 Å². The third kappa shape index (κ3) is 4.75. The fourth-order valence-electron chi connectivity index (χ4n) is 6.44. The number of fused-ring (bicyclic) bond motifs is 1. The third-order valence-corrected chi connectivity index (χ3v) is 8.11. The Morgan fingerprint density at radius 3 is 2.76 bits per heavy atom. The predicted octanol–water partition coefficient (Wildman–Crippen LogP) is 2.66.